The first kappa shape index (κ1) is 22.7. The third-order valence-corrected chi connectivity index (χ3v) is 6.86. The largest absolute Gasteiger partial charge is 0.433 e. The maximum atomic E-state index is 12.7. The summed E-state index contributed by atoms with van der Waals surface area (Å²) in [5.74, 6) is 1.97. The van der Waals surface area contributed by atoms with Crippen molar-refractivity contribution in [2.45, 2.75) is 37.0 Å². The number of aryl methyl sites for hydroxylation is 1. The lowest BCUT2D eigenvalue weighted by atomic mass is 10.0. The third-order valence-electron chi connectivity index (χ3n) is 5.75. The number of thioether (sulfide) groups is 1. The van der Waals surface area contributed by atoms with Crippen molar-refractivity contribution in [3.05, 3.63) is 53.6 Å². The molecule has 1 fully saturated rings. The van der Waals surface area contributed by atoms with E-state index in [1.54, 1.807) is 24.0 Å². The average molecular weight is 463 g/mol. The second-order valence-corrected chi connectivity index (χ2v) is 9.03. The van der Waals surface area contributed by atoms with Gasteiger partial charge in [0.25, 0.3) is 0 Å². The fraction of sp³-hybridized carbons (Fsp3) is 0.455. The first-order chi connectivity index (χ1) is 15.3. The molecule has 0 spiro atoms. The molecule has 0 radical (unpaired) electrons. The van der Waals surface area contributed by atoms with Gasteiger partial charge >= 0.3 is 6.18 Å². The third kappa shape index (κ3) is 5.12. The Morgan fingerprint density at radius 1 is 1.16 bits per heavy atom. The average Bonchev–Trinajstić information content (AvgIpc) is 3.38. The quantitative estimate of drug-likeness (QED) is 0.379. The van der Waals surface area contributed by atoms with Crippen molar-refractivity contribution < 1.29 is 13.2 Å². The normalized spacial score (nSPS) is 17.2. The van der Waals surface area contributed by atoms with Crippen molar-refractivity contribution in [2.24, 2.45) is 7.05 Å². The maximum absolute atomic E-state index is 12.7. The summed E-state index contributed by atoms with van der Waals surface area (Å²) < 4.78 is 40.1. The number of aromatic nitrogens is 5. The van der Waals surface area contributed by atoms with Gasteiger partial charge in [-0.25, -0.2) is 0 Å². The molecule has 4 rings (SSSR count). The van der Waals surface area contributed by atoms with Crippen LogP contribution in [0.1, 0.15) is 35.7 Å². The fourth-order valence-electron chi connectivity index (χ4n) is 3.97. The Balaban J connectivity index is 1.25. The first-order valence-corrected chi connectivity index (χ1v) is 11.5. The monoisotopic (exact) mass is 462 g/mol. The van der Waals surface area contributed by atoms with Gasteiger partial charge in [0.15, 0.2) is 11.0 Å². The van der Waals surface area contributed by atoms with Crippen molar-refractivity contribution in [3.63, 3.8) is 0 Å². The van der Waals surface area contributed by atoms with Crippen LogP contribution in [0.5, 0.6) is 0 Å². The molecule has 32 heavy (non-hydrogen) atoms. The lowest BCUT2D eigenvalue weighted by Crippen LogP contribution is -2.22. The van der Waals surface area contributed by atoms with Crippen molar-refractivity contribution in [1.29, 1.82) is 0 Å². The van der Waals surface area contributed by atoms with Crippen molar-refractivity contribution in [2.75, 3.05) is 25.4 Å². The minimum atomic E-state index is -4.39. The van der Waals surface area contributed by atoms with E-state index in [1.807, 2.05) is 30.7 Å². The van der Waals surface area contributed by atoms with E-state index in [0.717, 1.165) is 72.1 Å². The van der Waals surface area contributed by atoms with Crippen LogP contribution in [-0.2, 0) is 13.2 Å². The minimum Gasteiger partial charge on any atom is -0.305 e. The summed E-state index contributed by atoms with van der Waals surface area (Å²) in [5, 5.41) is 9.53. The summed E-state index contributed by atoms with van der Waals surface area (Å²) in [6, 6.07) is 6.54. The molecule has 0 N–H and O–H groups in total. The highest BCUT2D eigenvalue weighted by Gasteiger charge is 2.32. The molecule has 6 nitrogen and oxygen atoms in total. The SMILES string of the molecule is Cc1ncccc1-c1nnc(SCCCN2CCC(c3ccc(C(F)(F)F)nc3)C2)n1C. The standard InChI is InChI=1S/C22H25F3N6S/c1-15-18(5-3-9-26-15)20-28-29-21(30(20)2)32-12-4-10-31-11-8-17(14-31)16-6-7-19(27-13-16)22(23,24)25/h3,5-7,9,13,17H,4,8,10-12,14H2,1-2H3. The van der Waals surface area contributed by atoms with E-state index in [0.29, 0.717) is 0 Å². The zero-order valence-electron chi connectivity index (χ0n) is 18.0. The molecule has 170 valence electrons. The van der Waals surface area contributed by atoms with E-state index in [4.69, 9.17) is 0 Å². The van der Waals surface area contributed by atoms with Gasteiger partial charge in [0.2, 0.25) is 0 Å². The predicted octanol–water partition coefficient (Wildman–Crippen LogP) is 4.57. The van der Waals surface area contributed by atoms with Crippen molar-refractivity contribution >= 4 is 11.8 Å². The Morgan fingerprint density at radius 3 is 2.72 bits per heavy atom. The number of hydrogen-bond acceptors (Lipinski definition) is 6. The number of rotatable bonds is 7. The van der Waals surface area contributed by atoms with E-state index in [1.165, 1.54) is 6.20 Å². The molecule has 10 heteroatoms. The number of pyridine rings is 2. The molecule has 0 aliphatic carbocycles. The van der Waals surface area contributed by atoms with Crippen LogP contribution in [-0.4, -0.2) is 55.0 Å². The molecule has 1 unspecified atom stereocenters. The highest BCUT2D eigenvalue weighted by molar-refractivity contribution is 7.99. The lowest BCUT2D eigenvalue weighted by Gasteiger charge is -2.16. The zero-order valence-corrected chi connectivity index (χ0v) is 18.8. The second-order valence-electron chi connectivity index (χ2n) is 7.96. The molecule has 1 aliphatic heterocycles. The van der Waals surface area contributed by atoms with Gasteiger partial charge in [-0.05, 0) is 62.5 Å². The van der Waals surface area contributed by atoms with Crippen molar-refractivity contribution in [3.8, 4) is 11.4 Å². The highest BCUT2D eigenvalue weighted by atomic mass is 32.2. The maximum Gasteiger partial charge on any atom is 0.433 e. The van der Waals surface area contributed by atoms with Crippen LogP contribution in [0.4, 0.5) is 13.2 Å². The van der Waals surface area contributed by atoms with Gasteiger partial charge in [-0.2, -0.15) is 13.2 Å². The summed E-state index contributed by atoms with van der Waals surface area (Å²) in [4.78, 5) is 10.3. The van der Waals surface area contributed by atoms with Gasteiger partial charge < -0.3 is 9.47 Å². The van der Waals surface area contributed by atoms with Gasteiger partial charge in [0.05, 0.1) is 0 Å². The smallest absolute Gasteiger partial charge is 0.305 e. The molecular weight excluding hydrogens is 437 g/mol. The minimum absolute atomic E-state index is 0.237. The fourth-order valence-corrected chi connectivity index (χ4v) is 4.80. The highest BCUT2D eigenvalue weighted by Crippen LogP contribution is 2.31. The molecule has 4 heterocycles. The van der Waals surface area contributed by atoms with E-state index in [9.17, 15) is 13.2 Å². The van der Waals surface area contributed by atoms with Crippen LogP contribution in [0, 0.1) is 6.92 Å². The number of halogens is 3. The molecule has 0 amide bonds. The Labute approximate surface area is 189 Å². The first-order valence-electron chi connectivity index (χ1n) is 10.5. The van der Waals surface area contributed by atoms with Crippen LogP contribution in [0.15, 0.2) is 41.8 Å². The van der Waals surface area contributed by atoms with Gasteiger partial charge in [0, 0.05) is 43.0 Å². The molecule has 0 aromatic carbocycles. The van der Waals surface area contributed by atoms with Crippen LogP contribution < -0.4 is 0 Å². The van der Waals surface area contributed by atoms with Gasteiger partial charge in [-0.3, -0.25) is 9.97 Å². The summed E-state index contributed by atoms with van der Waals surface area (Å²) in [6.07, 6.45) is 0.691. The van der Waals surface area contributed by atoms with Gasteiger partial charge in [-0.1, -0.05) is 17.8 Å². The summed E-state index contributed by atoms with van der Waals surface area (Å²) in [5.41, 5.74) is 1.95. The Hall–Kier alpha value is -2.46. The summed E-state index contributed by atoms with van der Waals surface area (Å²) in [7, 11) is 1.97. The van der Waals surface area contributed by atoms with Crippen LogP contribution >= 0.6 is 11.8 Å². The summed E-state index contributed by atoms with van der Waals surface area (Å²) in [6.45, 7) is 4.71. The predicted molar refractivity (Wildman–Crippen MR) is 117 cm³/mol. The Kier molecular flexibility index (Phi) is 6.80. The van der Waals surface area contributed by atoms with Gasteiger partial charge in [0.1, 0.15) is 5.69 Å². The zero-order chi connectivity index (χ0) is 22.7. The number of alkyl halides is 3. The molecule has 0 bridgehead atoms. The van der Waals surface area contributed by atoms with Crippen molar-refractivity contribution in [1.82, 2.24) is 29.6 Å². The molecule has 1 saturated heterocycles. The second kappa shape index (κ2) is 9.58. The van der Waals surface area contributed by atoms with E-state index < -0.39 is 11.9 Å². The molecule has 1 aliphatic rings. The molecule has 3 aromatic heterocycles. The van der Waals surface area contributed by atoms with E-state index in [2.05, 4.69) is 25.1 Å². The van der Waals surface area contributed by atoms with Gasteiger partial charge in [-0.15, -0.1) is 10.2 Å². The van der Waals surface area contributed by atoms with E-state index in [-0.39, 0.29) is 5.92 Å². The molecular formula is C22H25F3N6S. The number of nitrogens with zero attached hydrogens (tertiary/aromatic N) is 6. The molecule has 0 saturated carbocycles. The number of hydrogen-bond donors (Lipinski definition) is 0. The lowest BCUT2D eigenvalue weighted by molar-refractivity contribution is -0.141. The van der Waals surface area contributed by atoms with E-state index >= 15 is 0 Å². The Bertz CT molecular complexity index is 1050. The van der Waals surface area contributed by atoms with Crippen LogP contribution in [0.25, 0.3) is 11.4 Å². The van der Waals surface area contributed by atoms with Crippen LogP contribution in [0.3, 0.4) is 0 Å². The molecule has 3 aromatic rings. The number of likely N-dealkylation sites (tertiary alicyclic amines) is 1. The van der Waals surface area contributed by atoms with Crippen LogP contribution in [0.2, 0.25) is 0 Å². The Morgan fingerprint density at radius 2 is 2.00 bits per heavy atom. The molecule has 1 atom stereocenters. The topological polar surface area (TPSA) is 59.7 Å². The summed E-state index contributed by atoms with van der Waals surface area (Å²) >= 11 is 1.68.